The van der Waals surface area contributed by atoms with Crippen LogP contribution in [0, 0.1) is 0 Å². The van der Waals surface area contributed by atoms with Gasteiger partial charge in [-0.1, -0.05) is 46.5 Å². The summed E-state index contributed by atoms with van der Waals surface area (Å²) >= 11 is 0. The van der Waals surface area contributed by atoms with Crippen molar-refractivity contribution in [2.75, 3.05) is 19.6 Å². The molecule has 1 unspecified atom stereocenters. The van der Waals surface area contributed by atoms with Gasteiger partial charge in [-0.05, 0) is 32.4 Å². The summed E-state index contributed by atoms with van der Waals surface area (Å²) in [5.74, 6) is 0. The Hall–Kier alpha value is -0.0800. The summed E-state index contributed by atoms with van der Waals surface area (Å²) in [6.07, 6.45) is 8.27. The van der Waals surface area contributed by atoms with Crippen molar-refractivity contribution in [2.24, 2.45) is 0 Å². The molecule has 0 aliphatic carbocycles. The highest BCUT2D eigenvalue weighted by atomic mass is 16.3. The molecule has 98 valence electrons. The van der Waals surface area contributed by atoms with E-state index < -0.39 is 0 Å². The van der Waals surface area contributed by atoms with Crippen LogP contribution in [-0.2, 0) is 0 Å². The Morgan fingerprint density at radius 2 is 1.50 bits per heavy atom. The number of aliphatic hydroxyl groups excluding tert-OH is 1. The van der Waals surface area contributed by atoms with Gasteiger partial charge >= 0.3 is 0 Å². The number of rotatable bonds is 11. The summed E-state index contributed by atoms with van der Waals surface area (Å²) in [7, 11) is 0. The van der Waals surface area contributed by atoms with E-state index in [1.807, 2.05) is 0 Å². The molecule has 0 radical (unpaired) electrons. The Balaban J connectivity index is 3.78. The summed E-state index contributed by atoms with van der Waals surface area (Å²) < 4.78 is 0. The van der Waals surface area contributed by atoms with Crippen LogP contribution in [0.15, 0.2) is 0 Å². The van der Waals surface area contributed by atoms with Crippen LogP contribution in [0.25, 0.3) is 0 Å². The fourth-order valence-corrected chi connectivity index (χ4v) is 1.98. The third-order valence-corrected chi connectivity index (χ3v) is 3.00. The molecule has 0 aromatic carbocycles. The van der Waals surface area contributed by atoms with Gasteiger partial charge in [-0.2, -0.15) is 0 Å². The fraction of sp³-hybridized carbons (Fsp3) is 1.00. The van der Waals surface area contributed by atoms with E-state index in [0.717, 1.165) is 32.5 Å². The number of nitrogens with zero attached hydrogens (tertiary/aromatic N) is 1. The Bertz CT molecular complexity index is 139. The normalized spacial score (nSPS) is 13.3. The van der Waals surface area contributed by atoms with Gasteiger partial charge in [-0.25, -0.2) is 0 Å². The molecule has 0 saturated heterocycles. The third-order valence-electron chi connectivity index (χ3n) is 3.00. The van der Waals surface area contributed by atoms with Crippen molar-refractivity contribution in [3.63, 3.8) is 0 Å². The van der Waals surface area contributed by atoms with Crippen LogP contribution in [-0.4, -0.2) is 35.7 Å². The molecule has 0 rings (SSSR count). The fourth-order valence-electron chi connectivity index (χ4n) is 1.98. The lowest BCUT2D eigenvalue weighted by atomic mass is 10.1. The van der Waals surface area contributed by atoms with Gasteiger partial charge in [0.2, 0.25) is 0 Å². The molecule has 0 aromatic heterocycles. The average Bonchev–Trinajstić information content (AvgIpc) is 2.26. The zero-order chi connectivity index (χ0) is 12.2. The van der Waals surface area contributed by atoms with Gasteiger partial charge in [-0.15, -0.1) is 0 Å². The monoisotopic (exact) mass is 229 g/mol. The molecule has 0 aliphatic heterocycles. The minimum absolute atomic E-state index is 0.122. The van der Waals surface area contributed by atoms with E-state index in [9.17, 15) is 5.11 Å². The van der Waals surface area contributed by atoms with Crippen molar-refractivity contribution in [1.82, 2.24) is 4.90 Å². The molecule has 16 heavy (non-hydrogen) atoms. The lowest BCUT2D eigenvalue weighted by Crippen LogP contribution is -2.34. The maximum absolute atomic E-state index is 9.83. The Kier molecular flexibility index (Phi) is 11.3. The van der Waals surface area contributed by atoms with Crippen LogP contribution < -0.4 is 0 Å². The van der Waals surface area contributed by atoms with E-state index in [-0.39, 0.29) is 6.10 Å². The highest BCUT2D eigenvalue weighted by Crippen LogP contribution is 2.05. The molecule has 1 atom stereocenters. The van der Waals surface area contributed by atoms with Gasteiger partial charge in [0.1, 0.15) is 0 Å². The van der Waals surface area contributed by atoms with E-state index in [1.165, 1.54) is 32.1 Å². The van der Waals surface area contributed by atoms with Crippen LogP contribution in [0.1, 0.15) is 65.7 Å². The number of hydrogen-bond donors (Lipinski definition) is 1. The zero-order valence-corrected chi connectivity index (χ0v) is 11.5. The van der Waals surface area contributed by atoms with Crippen LogP contribution in [0.5, 0.6) is 0 Å². The molecular weight excluding hydrogens is 198 g/mol. The zero-order valence-electron chi connectivity index (χ0n) is 11.5. The lowest BCUT2D eigenvalue weighted by Gasteiger charge is -2.24. The highest BCUT2D eigenvalue weighted by Gasteiger charge is 2.10. The van der Waals surface area contributed by atoms with Gasteiger partial charge in [0, 0.05) is 6.54 Å². The number of unbranched alkanes of at least 4 members (excludes halogenated alkanes) is 3. The number of hydrogen-bond acceptors (Lipinski definition) is 2. The van der Waals surface area contributed by atoms with Crippen LogP contribution in [0.3, 0.4) is 0 Å². The van der Waals surface area contributed by atoms with Gasteiger partial charge < -0.3 is 10.0 Å². The van der Waals surface area contributed by atoms with E-state index in [0.29, 0.717) is 0 Å². The van der Waals surface area contributed by atoms with Crippen molar-refractivity contribution >= 4 is 0 Å². The largest absolute Gasteiger partial charge is 0.392 e. The maximum Gasteiger partial charge on any atom is 0.0667 e. The SMILES string of the molecule is CCCCCN(CCCC)CC(O)CCC. The maximum atomic E-state index is 9.83. The van der Waals surface area contributed by atoms with Crippen molar-refractivity contribution in [3.05, 3.63) is 0 Å². The van der Waals surface area contributed by atoms with Gasteiger partial charge in [0.25, 0.3) is 0 Å². The molecule has 0 fully saturated rings. The molecule has 0 saturated carbocycles. The molecule has 2 heteroatoms. The van der Waals surface area contributed by atoms with Crippen LogP contribution in [0.4, 0.5) is 0 Å². The first-order valence-corrected chi connectivity index (χ1v) is 7.14. The van der Waals surface area contributed by atoms with E-state index in [2.05, 4.69) is 25.7 Å². The Labute approximate surface area is 102 Å². The lowest BCUT2D eigenvalue weighted by molar-refractivity contribution is 0.103. The molecule has 0 spiro atoms. The third kappa shape index (κ3) is 9.17. The second kappa shape index (κ2) is 11.4. The number of aliphatic hydroxyl groups is 1. The van der Waals surface area contributed by atoms with Crippen molar-refractivity contribution in [2.45, 2.75) is 71.8 Å². The first-order chi connectivity index (χ1) is 7.74. The molecule has 1 N–H and O–H groups in total. The second-order valence-electron chi connectivity index (χ2n) is 4.80. The predicted octanol–water partition coefficient (Wildman–Crippen LogP) is 3.44. The minimum atomic E-state index is -0.122. The van der Waals surface area contributed by atoms with Crippen molar-refractivity contribution in [3.8, 4) is 0 Å². The molecule has 2 nitrogen and oxygen atoms in total. The molecular formula is C14H31NO. The molecule has 0 aliphatic rings. The summed E-state index contributed by atoms with van der Waals surface area (Å²) in [5.41, 5.74) is 0. The standard InChI is InChI=1S/C14H31NO/c1-4-7-9-12-15(11-8-5-2)13-14(16)10-6-3/h14,16H,4-13H2,1-3H3. The molecule has 0 bridgehead atoms. The second-order valence-corrected chi connectivity index (χ2v) is 4.80. The Morgan fingerprint density at radius 3 is 2.06 bits per heavy atom. The summed E-state index contributed by atoms with van der Waals surface area (Å²) in [5, 5.41) is 9.83. The average molecular weight is 229 g/mol. The smallest absolute Gasteiger partial charge is 0.0667 e. The van der Waals surface area contributed by atoms with Gasteiger partial charge in [-0.3, -0.25) is 0 Å². The quantitative estimate of drug-likeness (QED) is 0.549. The first kappa shape index (κ1) is 15.9. The predicted molar refractivity (Wildman–Crippen MR) is 71.8 cm³/mol. The first-order valence-electron chi connectivity index (χ1n) is 7.14. The van der Waals surface area contributed by atoms with Crippen LogP contribution in [0.2, 0.25) is 0 Å². The van der Waals surface area contributed by atoms with Crippen molar-refractivity contribution < 1.29 is 5.11 Å². The van der Waals surface area contributed by atoms with Gasteiger partial charge in [0.05, 0.1) is 6.10 Å². The Morgan fingerprint density at radius 1 is 0.875 bits per heavy atom. The van der Waals surface area contributed by atoms with E-state index in [4.69, 9.17) is 0 Å². The van der Waals surface area contributed by atoms with E-state index in [1.54, 1.807) is 0 Å². The van der Waals surface area contributed by atoms with Crippen molar-refractivity contribution in [1.29, 1.82) is 0 Å². The molecule has 0 heterocycles. The summed E-state index contributed by atoms with van der Waals surface area (Å²) in [6, 6.07) is 0. The van der Waals surface area contributed by atoms with E-state index >= 15 is 0 Å². The van der Waals surface area contributed by atoms with Gasteiger partial charge in [0.15, 0.2) is 0 Å². The highest BCUT2D eigenvalue weighted by molar-refractivity contribution is 4.64. The summed E-state index contributed by atoms with van der Waals surface area (Å²) in [6.45, 7) is 9.79. The molecule has 0 amide bonds. The topological polar surface area (TPSA) is 23.5 Å². The summed E-state index contributed by atoms with van der Waals surface area (Å²) in [4.78, 5) is 2.44. The van der Waals surface area contributed by atoms with Crippen LogP contribution >= 0.6 is 0 Å². The minimum Gasteiger partial charge on any atom is -0.392 e. The molecule has 0 aromatic rings.